The number of rotatable bonds is 8. The molecular formula is C28H16N2O7. The van der Waals surface area contributed by atoms with Crippen LogP contribution in [-0.4, -0.2) is 47.3 Å². The number of esters is 2. The highest BCUT2D eigenvalue weighted by molar-refractivity contribution is 5.83. The molecule has 2 atom stereocenters. The standard InChI is InChI=1S/C28H16N2O7/c1-3-5-7-8-9-22(36-27(31)23-17-33-23)20-15-29-26(30-16-20)19-11-13-21(14-12-19)35-25(10-6-4-2)37-28(32)24-18-34-24/h11-16,23-24H,1-2,17-18H2. The first-order chi connectivity index (χ1) is 18.1. The van der Waals surface area contributed by atoms with Crippen LogP contribution in [0, 0.1) is 0 Å². The average Bonchev–Trinajstić information content (AvgIpc) is 3.82. The number of carbonyl (C=O) groups excluding carboxylic acids is 2. The van der Waals surface area contributed by atoms with E-state index in [9.17, 15) is 9.59 Å². The second-order valence-electron chi connectivity index (χ2n) is 7.13. The average molecular weight is 492 g/mol. The first-order valence-corrected chi connectivity index (χ1v) is 10.6. The Morgan fingerprint density at radius 1 is 0.838 bits per heavy atom. The van der Waals surface area contributed by atoms with E-state index in [1.165, 1.54) is 12.4 Å². The molecule has 0 spiro atoms. The zero-order valence-electron chi connectivity index (χ0n) is 19.2. The summed E-state index contributed by atoms with van der Waals surface area (Å²) in [6.45, 7) is 7.34. The summed E-state index contributed by atoms with van der Waals surface area (Å²) >= 11 is 0. The second-order valence-corrected chi connectivity index (χ2v) is 7.13. The summed E-state index contributed by atoms with van der Waals surface area (Å²) in [6, 6.07) is 6.67. The second kappa shape index (κ2) is 11.9. The van der Waals surface area contributed by atoms with E-state index < -0.39 is 24.1 Å². The van der Waals surface area contributed by atoms with Crippen LogP contribution in [0.3, 0.4) is 0 Å². The summed E-state index contributed by atoms with van der Waals surface area (Å²) in [4.78, 5) is 32.5. The molecule has 2 unspecified atom stereocenters. The Labute approximate surface area is 210 Å². The van der Waals surface area contributed by atoms with Crippen molar-refractivity contribution in [1.29, 1.82) is 0 Å². The smallest absolute Gasteiger partial charge is 0.350 e. The molecule has 37 heavy (non-hydrogen) atoms. The van der Waals surface area contributed by atoms with E-state index in [1.54, 1.807) is 24.3 Å². The molecule has 2 saturated heterocycles. The Hall–Kier alpha value is -5.32. The molecule has 1 aromatic heterocycles. The predicted molar refractivity (Wildman–Crippen MR) is 126 cm³/mol. The molecule has 4 rings (SSSR count). The van der Waals surface area contributed by atoms with Crippen molar-refractivity contribution in [3.8, 4) is 17.1 Å². The minimum absolute atomic E-state index is 0.0428. The predicted octanol–water partition coefficient (Wildman–Crippen LogP) is 3.09. The molecule has 9 heteroatoms. The summed E-state index contributed by atoms with van der Waals surface area (Å²) in [5, 5.41) is 0. The number of epoxide rings is 2. The summed E-state index contributed by atoms with van der Waals surface area (Å²) in [5.74, 6) is -0.591. The van der Waals surface area contributed by atoms with E-state index >= 15 is 0 Å². The zero-order chi connectivity index (χ0) is 26.0. The molecule has 3 heterocycles. The molecule has 0 saturated carbocycles. The number of aromatic nitrogens is 2. The Morgan fingerprint density at radius 3 is 2.05 bits per heavy atom. The number of hydrogen-bond donors (Lipinski definition) is 0. The number of ether oxygens (including phenoxy) is 5. The molecular weight excluding hydrogens is 476 g/mol. The van der Waals surface area contributed by atoms with Crippen LogP contribution < -0.4 is 4.74 Å². The lowest BCUT2D eigenvalue weighted by Crippen LogP contribution is -2.13. The molecule has 0 aliphatic carbocycles. The minimum atomic E-state index is -0.608. The minimum Gasteiger partial charge on any atom is -0.419 e. The van der Waals surface area contributed by atoms with E-state index in [4.69, 9.17) is 23.7 Å². The van der Waals surface area contributed by atoms with Gasteiger partial charge in [0.1, 0.15) is 5.75 Å². The maximum absolute atomic E-state index is 12.0. The van der Waals surface area contributed by atoms with Gasteiger partial charge in [-0.3, -0.25) is 0 Å². The summed E-state index contributed by atoms with van der Waals surface area (Å²) in [6.07, 6.45) is 1.73. The van der Waals surface area contributed by atoms with Crippen LogP contribution in [0.15, 0.2) is 102 Å². The number of nitrogens with zero attached hydrogens (tertiary/aromatic N) is 2. The molecule has 2 aliphatic rings. The van der Waals surface area contributed by atoms with Crippen molar-refractivity contribution in [2.45, 2.75) is 12.2 Å². The molecule has 0 bridgehead atoms. The van der Waals surface area contributed by atoms with Crippen molar-refractivity contribution in [3.63, 3.8) is 0 Å². The largest absolute Gasteiger partial charge is 0.419 e. The van der Waals surface area contributed by atoms with Gasteiger partial charge in [0.2, 0.25) is 0 Å². The van der Waals surface area contributed by atoms with E-state index in [0.29, 0.717) is 35.9 Å². The van der Waals surface area contributed by atoms with Crippen molar-refractivity contribution in [2.75, 3.05) is 13.2 Å². The van der Waals surface area contributed by atoms with Crippen molar-refractivity contribution in [2.24, 2.45) is 0 Å². The molecule has 0 N–H and O–H groups in total. The third-order valence-electron chi connectivity index (χ3n) is 4.47. The monoisotopic (exact) mass is 492 g/mol. The molecule has 0 amide bonds. The van der Waals surface area contributed by atoms with Crippen LogP contribution in [-0.2, 0) is 28.5 Å². The van der Waals surface area contributed by atoms with Gasteiger partial charge in [-0.2, -0.15) is 0 Å². The molecule has 2 aromatic rings. The fraction of sp³-hybridized carbons (Fsp3) is 0.143. The molecule has 9 nitrogen and oxygen atoms in total. The highest BCUT2D eigenvalue weighted by atomic mass is 16.7. The Kier molecular flexibility index (Phi) is 7.97. The first-order valence-electron chi connectivity index (χ1n) is 10.6. The third-order valence-corrected chi connectivity index (χ3v) is 4.47. The third kappa shape index (κ3) is 7.33. The van der Waals surface area contributed by atoms with Gasteiger partial charge < -0.3 is 23.7 Å². The maximum Gasteiger partial charge on any atom is 0.350 e. The van der Waals surface area contributed by atoms with Gasteiger partial charge in [-0.15, -0.1) is 0 Å². The number of benzene rings is 1. The molecule has 2 fully saturated rings. The Balaban J connectivity index is 1.51. The van der Waals surface area contributed by atoms with Gasteiger partial charge in [0.15, 0.2) is 23.8 Å². The molecule has 0 radical (unpaired) electrons. The van der Waals surface area contributed by atoms with Crippen LogP contribution in [0.2, 0.25) is 0 Å². The van der Waals surface area contributed by atoms with Gasteiger partial charge in [0.25, 0.3) is 0 Å². The topological polar surface area (TPSA) is 113 Å². The zero-order valence-corrected chi connectivity index (χ0v) is 19.2. The Bertz CT molecular complexity index is 1550. The summed E-state index contributed by atoms with van der Waals surface area (Å²) in [5.41, 5.74) is 21.0. The van der Waals surface area contributed by atoms with Crippen molar-refractivity contribution in [3.05, 3.63) is 107 Å². The van der Waals surface area contributed by atoms with Crippen LogP contribution in [0.5, 0.6) is 5.75 Å². The van der Waals surface area contributed by atoms with E-state index in [2.05, 4.69) is 69.0 Å². The van der Waals surface area contributed by atoms with Gasteiger partial charge in [0.05, 0.1) is 18.8 Å². The van der Waals surface area contributed by atoms with E-state index in [0.717, 1.165) is 0 Å². The highest BCUT2D eigenvalue weighted by Gasteiger charge is 2.35. The lowest BCUT2D eigenvalue weighted by Gasteiger charge is -2.08. The van der Waals surface area contributed by atoms with Gasteiger partial charge in [0, 0.05) is 23.7 Å². The van der Waals surface area contributed by atoms with Crippen molar-refractivity contribution in [1.82, 2.24) is 9.97 Å². The SMILES string of the molecule is C=C=C=C=C=C=C(OC(=O)C1CO1)c1cnc(-c2ccc(OC(=C=C=C=C)OC(=O)C3CO3)cc2)nc1. The maximum atomic E-state index is 12.0. The summed E-state index contributed by atoms with van der Waals surface area (Å²) < 4.78 is 25.8. The van der Waals surface area contributed by atoms with E-state index in [-0.39, 0.29) is 11.7 Å². The lowest BCUT2D eigenvalue weighted by molar-refractivity contribution is -0.144. The Morgan fingerprint density at radius 2 is 1.46 bits per heavy atom. The first kappa shape index (κ1) is 24.8. The molecule has 180 valence electrons. The quantitative estimate of drug-likeness (QED) is 0.237. The number of hydrogen-bond acceptors (Lipinski definition) is 9. The normalized spacial score (nSPS) is 15.8. The molecule has 1 aromatic carbocycles. The fourth-order valence-corrected chi connectivity index (χ4v) is 2.55. The van der Waals surface area contributed by atoms with Gasteiger partial charge in [-0.1, -0.05) is 11.5 Å². The van der Waals surface area contributed by atoms with Crippen LogP contribution >= 0.6 is 0 Å². The van der Waals surface area contributed by atoms with Gasteiger partial charge in [-0.25, -0.2) is 19.6 Å². The van der Waals surface area contributed by atoms with Gasteiger partial charge in [-0.05, 0) is 66.1 Å². The van der Waals surface area contributed by atoms with Crippen molar-refractivity contribution >= 4 is 17.7 Å². The summed E-state index contributed by atoms with van der Waals surface area (Å²) in [7, 11) is 0. The number of carbonyl (C=O) groups is 2. The van der Waals surface area contributed by atoms with Crippen molar-refractivity contribution < 1.29 is 33.3 Å². The lowest BCUT2D eigenvalue weighted by atomic mass is 10.2. The van der Waals surface area contributed by atoms with Crippen LogP contribution in [0.25, 0.3) is 17.1 Å². The van der Waals surface area contributed by atoms with Gasteiger partial charge >= 0.3 is 17.9 Å². The van der Waals surface area contributed by atoms with E-state index in [1.807, 2.05) is 0 Å². The highest BCUT2D eigenvalue weighted by Crippen LogP contribution is 2.23. The van der Waals surface area contributed by atoms with Crippen LogP contribution in [0.4, 0.5) is 0 Å². The van der Waals surface area contributed by atoms with Crippen LogP contribution in [0.1, 0.15) is 5.56 Å². The fourth-order valence-electron chi connectivity index (χ4n) is 2.55. The molecule has 2 aliphatic heterocycles.